The Morgan fingerprint density at radius 1 is 1.21 bits per heavy atom. The Labute approximate surface area is 187 Å². The van der Waals surface area contributed by atoms with E-state index in [4.69, 9.17) is 0 Å². The third-order valence-electron chi connectivity index (χ3n) is 5.91. The molecule has 0 radical (unpaired) electrons. The fourth-order valence-corrected chi connectivity index (χ4v) is 4.34. The molecular formula is C25H20FN3O4. The van der Waals surface area contributed by atoms with Crippen LogP contribution in [0.25, 0.3) is 27.4 Å². The molecule has 4 N–H and O–H groups in total. The van der Waals surface area contributed by atoms with Gasteiger partial charge in [-0.2, -0.15) is 0 Å². The van der Waals surface area contributed by atoms with Crippen LogP contribution in [0.15, 0.2) is 65.6 Å². The topological polar surface area (TPSA) is 107 Å². The minimum absolute atomic E-state index is 0.0898. The maximum Gasteiger partial charge on any atom is 0.353 e. The van der Waals surface area contributed by atoms with Gasteiger partial charge in [-0.25, -0.2) is 9.18 Å². The smallest absolute Gasteiger partial charge is 0.353 e. The Balaban J connectivity index is 1.81. The Morgan fingerprint density at radius 2 is 2.00 bits per heavy atom. The minimum Gasteiger partial charge on any atom is -0.477 e. The number of para-hydroxylation sites is 1. The number of allylic oxidation sites excluding steroid dienone is 2. The van der Waals surface area contributed by atoms with Crippen LogP contribution in [0, 0.1) is 12.7 Å². The zero-order valence-electron chi connectivity index (χ0n) is 17.6. The molecule has 4 aromatic rings. The highest BCUT2D eigenvalue weighted by atomic mass is 19.1. The van der Waals surface area contributed by atoms with Gasteiger partial charge in [0.05, 0.1) is 12.1 Å². The van der Waals surface area contributed by atoms with Crippen molar-refractivity contribution < 1.29 is 19.4 Å². The summed E-state index contributed by atoms with van der Waals surface area (Å²) in [5.41, 5.74) is 1.79. The van der Waals surface area contributed by atoms with Gasteiger partial charge in [0, 0.05) is 27.6 Å². The highest BCUT2D eigenvalue weighted by Crippen LogP contribution is 2.36. The van der Waals surface area contributed by atoms with Crippen LogP contribution < -0.4 is 10.9 Å². The number of rotatable bonds is 4. The fourth-order valence-electron chi connectivity index (χ4n) is 4.34. The van der Waals surface area contributed by atoms with E-state index in [-0.39, 0.29) is 23.4 Å². The van der Waals surface area contributed by atoms with Crippen LogP contribution in [0.3, 0.4) is 0 Å². The van der Waals surface area contributed by atoms with Crippen molar-refractivity contribution in [2.75, 3.05) is 0 Å². The van der Waals surface area contributed by atoms with Gasteiger partial charge in [0.2, 0.25) is 0 Å². The van der Waals surface area contributed by atoms with Crippen LogP contribution in [-0.2, 0) is 6.54 Å². The number of hydrogen-bond donors (Lipinski definition) is 4. The second kappa shape index (κ2) is 7.75. The maximum absolute atomic E-state index is 14.6. The van der Waals surface area contributed by atoms with Gasteiger partial charge in [0.1, 0.15) is 11.5 Å². The number of aliphatic hydroxyl groups is 1. The highest BCUT2D eigenvalue weighted by Gasteiger charge is 2.29. The average molecular weight is 445 g/mol. The van der Waals surface area contributed by atoms with Crippen molar-refractivity contribution >= 4 is 33.3 Å². The normalized spacial score (nSPS) is 15.6. The van der Waals surface area contributed by atoms with Crippen molar-refractivity contribution in [3.05, 3.63) is 99.4 Å². The van der Waals surface area contributed by atoms with Crippen molar-refractivity contribution in [2.45, 2.75) is 19.7 Å². The van der Waals surface area contributed by atoms with Gasteiger partial charge in [0.25, 0.3) is 5.56 Å². The number of aromatic carboxylic acids is 1. The van der Waals surface area contributed by atoms with Crippen LogP contribution in [0.4, 0.5) is 4.39 Å². The first-order valence-corrected chi connectivity index (χ1v) is 10.3. The third-order valence-corrected chi connectivity index (χ3v) is 5.91. The van der Waals surface area contributed by atoms with Gasteiger partial charge in [0.15, 0.2) is 6.23 Å². The number of H-pyrrole nitrogens is 1. The number of aryl methyl sites for hydroxylation is 1. The summed E-state index contributed by atoms with van der Waals surface area (Å²) in [6, 6.07) is 11.8. The summed E-state index contributed by atoms with van der Waals surface area (Å²) in [7, 11) is 0. The third kappa shape index (κ3) is 3.41. The first-order valence-electron chi connectivity index (χ1n) is 10.3. The lowest BCUT2D eigenvalue weighted by molar-refractivity contribution is 0.0685. The number of carboxylic acids is 1. The number of pyridine rings is 1. The molecule has 1 aliphatic heterocycles. The molecule has 0 saturated carbocycles. The van der Waals surface area contributed by atoms with E-state index in [1.807, 2.05) is 18.2 Å². The summed E-state index contributed by atoms with van der Waals surface area (Å²) < 4.78 is 16.0. The number of aliphatic hydroxyl groups excluding tert-OH is 1. The molecule has 2 aromatic heterocycles. The summed E-state index contributed by atoms with van der Waals surface area (Å²) >= 11 is 0. The molecule has 0 saturated heterocycles. The molecule has 1 aliphatic rings. The number of nitrogens with one attached hydrogen (secondary N) is 2. The van der Waals surface area contributed by atoms with Crippen LogP contribution in [0.2, 0.25) is 0 Å². The van der Waals surface area contributed by atoms with E-state index >= 15 is 0 Å². The predicted molar refractivity (Wildman–Crippen MR) is 124 cm³/mol. The van der Waals surface area contributed by atoms with Crippen LogP contribution in [0.1, 0.15) is 27.2 Å². The minimum atomic E-state index is -1.25. The van der Waals surface area contributed by atoms with E-state index in [1.165, 1.54) is 10.6 Å². The number of carbonyl (C=O) groups is 1. The van der Waals surface area contributed by atoms with E-state index < -0.39 is 18.0 Å². The average Bonchev–Trinajstić information content (AvgIpc) is 3.08. The molecule has 7 nitrogen and oxygen atoms in total. The number of halogens is 1. The summed E-state index contributed by atoms with van der Waals surface area (Å²) in [5, 5.41) is 24.7. The van der Waals surface area contributed by atoms with Gasteiger partial charge < -0.3 is 25.1 Å². The van der Waals surface area contributed by atoms with Crippen LogP contribution in [0.5, 0.6) is 0 Å². The first-order chi connectivity index (χ1) is 15.8. The largest absolute Gasteiger partial charge is 0.477 e. The van der Waals surface area contributed by atoms with E-state index in [2.05, 4.69) is 10.3 Å². The summed E-state index contributed by atoms with van der Waals surface area (Å²) in [5.74, 6) is -1.74. The molecule has 3 heterocycles. The SMILES string of the molecule is Cc1cc2c(C3=CC=CNC3O)c(C(=O)O)n(Cc3cc4ccccc4[nH]c3=O)c2cc1F. The quantitative estimate of drug-likeness (QED) is 0.385. The molecule has 0 fully saturated rings. The van der Waals surface area contributed by atoms with Crippen molar-refractivity contribution in [3.8, 4) is 0 Å². The number of aromatic nitrogens is 2. The molecule has 0 spiro atoms. The van der Waals surface area contributed by atoms with Crippen molar-refractivity contribution in [2.24, 2.45) is 0 Å². The molecule has 1 unspecified atom stereocenters. The highest BCUT2D eigenvalue weighted by molar-refractivity contribution is 6.06. The maximum atomic E-state index is 14.6. The van der Waals surface area contributed by atoms with E-state index in [1.54, 1.807) is 43.5 Å². The molecule has 0 bridgehead atoms. The molecule has 0 amide bonds. The number of carboxylic acid groups (broad SMARTS) is 1. The van der Waals surface area contributed by atoms with Gasteiger partial charge in [-0.3, -0.25) is 4.79 Å². The molecule has 2 aromatic carbocycles. The predicted octanol–water partition coefficient (Wildman–Crippen LogP) is 3.50. The van der Waals surface area contributed by atoms with Gasteiger partial charge in [-0.05, 0) is 54.4 Å². The van der Waals surface area contributed by atoms with E-state index in [0.717, 1.165) is 5.39 Å². The fraction of sp³-hybridized carbons (Fsp3) is 0.120. The molecule has 33 heavy (non-hydrogen) atoms. The summed E-state index contributed by atoms with van der Waals surface area (Å²) in [6.45, 7) is 1.50. The molecule has 0 aliphatic carbocycles. The van der Waals surface area contributed by atoms with Crippen LogP contribution >= 0.6 is 0 Å². The lowest BCUT2D eigenvalue weighted by Gasteiger charge is -2.19. The second-order valence-electron chi connectivity index (χ2n) is 7.99. The van der Waals surface area contributed by atoms with Gasteiger partial charge in [-0.15, -0.1) is 0 Å². The Bertz CT molecular complexity index is 1560. The van der Waals surface area contributed by atoms with Gasteiger partial charge in [-0.1, -0.05) is 24.3 Å². The summed E-state index contributed by atoms with van der Waals surface area (Å²) in [4.78, 5) is 28.1. The number of nitrogens with zero attached hydrogens (tertiary/aromatic N) is 1. The van der Waals surface area contributed by atoms with Crippen molar-refractivity contribution in [3.63, 3.8) is 0 Å². The number of hydrogen-bond acceptors (Lipinski definition) is 4. The van der Waals surface area contributed by atoms with E-state index in [9.17, 15) is 24.2 Å². The standard InChI is InChI=1S/C25H20FN3O4/c1-13-9-17-20(11-18(13)26)29(12-15-10-14-5-2-3-7-19(14)28-23(15)30)22(25(32)33)21(17)16-6-4-8-27-24(16)31/h2-11,24,27,31H,12H2,1H3,(H,28,30)(H,32,33). The zero-order valence-corrected chi connectivity index (χ0v) is 17.6. The Hall–Kier alpha value is -4.17. The molecular weight excluding hydrogens is 425 g/mol. The Morgan fingerprint density at radius 3 is 2.76 bits per heavy atom. The number of dihydropyridines is 1. The number of benzene rings is 2. The lowest BCUT2D eigenvalue weighted by atomic mass is 9.97. The molecule has 8 heteroatoms. The summed E-state index contributed by atoms with van der Waals surface area (Å²) in [6.07, 6.45) is 3.68. The zero-order chi connectivity index (χ0) is 23.3. The van der Waals surface area contributed by atoms with Crippen LogP contribution in [-0.4, -0.2) is 32.0 Å². The molecule has 5 rings (SSSR count). The van der Waals surface area contributed by atoms with E-state index in [0.29, 0.717) is 33.1 Å². The number of fused-ring (bicyclic) bond motifs is 2. The van der Waals surface area contributed by atoms with Crippen molar-refractivity contribution in [1.82, 2.24) is 14.9 Å². The van der Waals surface area contributed by atoms with Gasteiger partial charge >= 0.3 is 5.97 Å². The monoisotopic (exact) mass is 445 g/mol. The second-order valence-corrected chi connectivity index (χ2v) is 7.99. The number of aromatic amines is 1. The molecule has 1 atom stereocenters. The lowest BCUT2D eigenvalue weighted by Crippen LogP contribution is -2.28. The Kier molecular flexibility index (Phi) is 4.87. The molecule has 166 valence electrons. The van der Waals surface area contributed by atoms with Crippen molar-refractivity contribution in [1.29, 1.82) is 0 Å². The first kappa shape index (κ1) is 20.7.